The molecule has 2 N–H and O–H groups in total. The van der Waals surface area contributed by atoms with Gasteiger partial charge in [-0.25, -0.2) is 8.78 Å². The molecule has 1 aliphatic carbocycles. The summed E-state index contributed by atoms with van der Waals surface area (Å²) in [6, 6.07) is 8.80. The molecule has 0 saturated heterocycles. The van der Waals surface area contributed by atoms with Gasteiger partial charge in [-0.1, -0.05) is 6.07 Å². The summed E-state index contributed by atoms with van der Waals surface area (Å²) in [5.41, 5.74) is 1.03. The first kappa shape index (κ1) is 18.9. The van der Waals surface area contributed by atoms with Gasteiger partial charge in [-0.15, -0.1) is 0 Å². The summed E-state index contributed by atoms with van der Waals surface area (Å²) in [5.74, 6) is -2.57. The minimum absolute atomic E-state index is 0.0277. The number of nitrogens with one attached hydrogen (secondary N) is 2. The van der Waals surface area contributed by atoms with E-state index in [0.717, 1.165) is 17.8 Å². The Morgan fingerprint density at radius 2 is 1.67 bits per heavy atom. The molecule has 0 radical (unpaired) electrons. The zero-order valence-corrected chi connectivity index (χ0v) is 14.8. The second kappa shape index (κ2) is 8.70. The summed E-state index contributed by atoms with van der Waals surface area (Å²) < 4.78 is 26.2. The maximum absolute atomic E-state index is 13.2. The fourth-order valence-electron chi connectivity index (χ4n) is 3.26. The Kier molecular flexibility index (Phi) is 6.11. The van der Waals surface area contributed by atoms with Crippen molar-refractivity contribution in [1.29, 1.82) is 0 Å². The fraction of sp³-hybridized carbons (Fsp3) is 0.350. The molecule has 27 heavy (non-hydrogen) atoms. The fourth-order valence-corrected chi connectivity index (χ4v) is 3.26. The molecule has 1 heterocycles. The van der Waals surface area contributed by atoms with Gasteiger partial charge in [-0.05, 0) is 49.9 Å². The van der Waals surface area contributed by atoms with Gasteiger partial charge in [0, 0.05) is 29.8 Å². The molecule has 3 rings (SSSR count). The van der Waals surface area contributed by atoms with Crippen molar-refractivity contribution < 1.29 is 18.4 Å². The van der Waals surface area contributed by atoms with E-state index in [1.165, 1.54) is 6.07 Å². The molecule has 0 bridgehead atoms. The number of hydrogen-bond acceptors (Lipinski definition) is 3. The second-order valence-electron chi connectivity index (χ2n) is 6.71. The average molecular weight is 373 g/mol. The highest BCUT2D eigenvalue weighted by atomic mass is 19.2. The van der Waals surface area contributed by atoms with Crippen LogP contribution in [-0.4, -0.2) is 16.8 Å². The molecule has 1 fully saturated rings. The maximum atomic E-state index is 13.2. The lowest BCUT2D eigenvalue weighted by molar-refractivity contribution is -0.128. The molecular weight excluding hydrogens is 352 g/mol. The van der Waals surface area contributed by atoms with Crippen LogP contribution in [0.1, 0.15) is 31.4 Å². The topological polar surface area (TPSA) is 71.1 Å². The van der Waals surface area contributed by atoms with Crippen molar-refractivity contribution in [3.63, 3.8) is 0 Å². The van der Waals surface area contributed by atoms with Gasteiger partial charge in [0.1, 0.15) is 0 Å². The number of halogens is 2. The normalized spacial score (nSPS) is 19.3. The van der Waals surface area contributed by atoms with E-state index in [2.05, 4.69) is 15.6 Å². The molecule has 1 saturated carbocycles. The van der Waals surface area contributed by atoms with E-state index in [-0.39, 0.29) is 29.3 Å². The first-order valence-electron chi connectivity index (χ1n) is 8.96. The predicted octanol–water partition coefficient (Wildman–Crippen LogP) is 3.42. The molecule has 0 atom stereocenters. The lowest BCUT2D eigenvalue weighted by Crippen LogP contribution is -2.35. The smallest absolute Gasteiger partial charge is 0.227 e. The van der Waals surface area contributed by atoms with Crippen LogP contribution in [0.2, 0.25) is 0 Å². The minimum atomic E-state index is -0.999. The van der Waals surface area contributed by atoms with Crippen LogP contribution in [0.25, 0.3) is 0 Å². The number of aromatic nitrogens is 1. The summed E-state index contributed by atoms with van der Waals surface area (Å²) in [6.07, 6.45) is 4.07. The van der Waals surface area contributed by atoms with Crippen LogP contribution in [0, 0.1) is 23.5 Å². The van der Waals surface area contributed by atoms with Gasteiger partial charge in [0.2, 0.25) is 11.8 Å². The SMILES string of the molecule is O=C(NCc1ccccn1)C1CCC(C(=O)Nc2ccc(F)c(F)c2)CC1. The Balaban J connectivity index is 1.45. The van der Waals surface area contributed by atoms with Crippen molar-refractivity contribution in [2.24, 2.45) is 11.8 Å². The molecule has 7 heteroatoms. The largest absolute Gasteiger partial charge is 0.350 e. The maximum Gasteiger partial charge on any atom is 0.227 e. The van der Waals surface area contributed by atoms with Crippen LogP contribution in [-0.2, 0) is 16.1 Å². The number of nitrogens with zero attached hydrogens (tertiary/aromatic N) is 1. The van der Waals surface area contributed by atoms with E-state index in [4.69, 9.17) is 0 Å². The van der Waals surface area contributed by atoms with Crippen molar-refractivity contribution in [1.82, 2.24) is 10.3 Å². The molecule has 2 aromatic rings. The van der Waals surface area contributed by atoms with Crippen LogP contribution >= 0.6 is 0 Å². The Labute approximate surface area is 156 Å². The molecule has 142 valence electrons. The Morgan fingerprint density at radius 1 is 0.963 bits per heavy atom. The number of rotatable bonds is 5. The number of amides is 2. The van der Waals surface area contributed by atoms with Crippen molar-refractivity contribution in [3.05, 3.63) is 59.9 Å². The first-order chi connectivity index (χ1) is 13.0. The molecule has 2 amide bonds. The number of carbonyl (C=O) groups is 2. The van der Waals surface area contributed by atoms with Gasteiger partial charge < -0.3 is 10.6 Å². The van der Waals surface area contributed by atoms with E-state index in [9.17, 15) is 18.4 Å². The molecular formula is C20H21F2N3O2. The third kappa shape index (κ3) is 5.09. The molecule has 5 nitrogen and oxygen atoms in total. The highest BCUT2D eigenvalue weighted by Crippen LogP contribution is 2.30. The summed E-state index contributed by atoms with van der Waals surface area (Å²) in [6.45, 7) is 0.385. The van der Waals surface area contributed by atoms with Gasteiger partial charge >= 0.3 is 0 Å². The van der Waals surface area contributed by atoms with E-state index in [1.807, 2.05) is 18.2 Å². The van der Waals surface area contributed by atoms with E-state index < -0.39 is 11.6 Å². The van der Waals surface area contributed by atoms with Gasteiger partial charge in [0.25, 0.3) is 0 Å². The van der Waals surface area contributed by atoms with Crippen LogP contribution in [0.15, 0.2) is 42.6 Å². The number of benzene rings is 1. The average Bonchev–Trinajstić information content (AvgIpc) is 2.70. The van der Waals surface area contributed by atoms with Crippen LogP contribution in [0.5, 0.6) is 0 Å². The predicted molar refractivity (Wildman–Crippen MR) is 96.5 cm³/mol. The third-order valence-corrected chi connectivity index (χ3v) is 4.83. The van der Waals surface area contributed by atoms with Gasteiger partial charge in [-0.2, -0.15) is 0 Å². The zero-order valence-electron chi connectivity index (χ0n) is 14.8. The molecule has 1 aliphatic rings. The third-order valence-electron chi connectivity index (χ3n) is 4.83. The number of anilines is 1. The minimum Gasteiger partial charge on any atom is -0.350 e. The Morgan fingerprint density at radius 3 is 2.30 bits per heavy atom. The molecule has 1 aromatic heterocycles. The Bertz CT molecular complexity index is 806. The molecule has 1 aromatic carbocycles. The summed E-state index contributed by atoms with van der Waals surface area (Å²) >= 11 is 0. The lowest BCUT2D eigenvalue weighted by Gasteiger charge is -2.27. The number of hydrogen-bond donors (Lipinski definition) is 2. The van der Waals surface area contributed by atoms with Crippen LogP contribution < -0.4 is 10.6 Å². The van der Waals surface area contributed by atoms with Gasteiger partial charge in [-0.3, -0.25) is 14.6 Å². The summed E-state index contributed by atoms with van der Waals surface area (Å²) in [5, 5.41) is 5.50. The van der Waals surface area contributed by atoms with Gasteiger partial charge in [0.15, 0.2) is 11.6 Å². The van der Waals surface area contributed by atoms with Crippen molar-refractivity contribution in [3.8, 4) is 0 Å². The number of carbonyl (C=O) groups excluding carboxylic acids is 2. The monoisotopic (exact) mass is 373 g/mol. The van der Waals surface area contributed by atoms with Crippen molar-refractivity contribution >= 4 is 17.5 Å². The highest BCUT2D eigenvalue weighted by molar-refractivity contribution is 5.92. The van der Waals surface area contributed by atoms with Crippen LogP contribution in [0.4, 0.5) is 14.5 Å². The van der Waals surface area contributed by atoms with Crippen LogP contribution in [0.3, 0.4) is 0 Å². The highest BCUT2D eigenvalue weighted by Gasteiger charge is 2.30. The second-order valence-corrected chi connectivity index (χ2v) is 6.71. The van der Waals surface area contributed by atoms with Crippen molar-refractivity contribution in [2.45, 2.75) is 32.2 Å². The standard InChI is InChI=1S/C20H21F2N3O2/c21-17-9-8-15(11-18(17)22)25-20(27)14-6-4-13(5-7-14)19(26)24-12-16-3-1-2-10-23-16/h1-3,8-11,13-14H,4-7,12H2,(H,24,26)(H,25,27). The summed E-state index contributed by atoms with van der Waals surface area (Å²) in [7, 11) is 0. The van der Waals surface area contributed by atoms with E-state index in [0.29, 0.717) is 32.2 Å². The van der Waals surface area contributed by atoms with Gasteiger partial charge in [0.05, 0.1) is 12.2 Å². The van der Waals surface area contributed by atoms with Crippen molar-refractivity contribution in [2.75, 3.05) is 5.32 Å². The first-order valence-corrected chi connectivity index (χ1v) is 8.96. The molecule has 0 spiro atoms. The lowest BCUT2D eigenvalue weighted by atomic mass is 9.81. The number of pyridine rings is 1. The Hall–Kier alpha value is -2.83. The quantitative estimate of drug-likeness (QED) is 0.844. The summed E-state index contributed by atoms with van der Waals surface area (Å²) in [4.78, 5) is 28.8. The zero-order chi connectivity index (χ0) is 19.2. The molecule has 0 unspecified atom stereocenters. The van der Waals surface area contributed by atoms with E-state index >= 15 is 0 Å². The molecule has 0 aliphatic heterocycles. The van der Waals surface area contributed by atoms with E-state index in [1.54, 1.807) is 6.20 Å².